The Labute approximate surface area is 195 Å². The van der Waals surface area contributed by atoms with E-state index in [-0.39, 0.29) is 0 Å². The Morgan fingerprint density at radius 1 is 0.576 bits per heavy atom. The van der Waals surface area contributed by atoms with Gasteiger partial charge in [0.2, 0.25) is 19.0 Å². The van der Waals surface area contributed by atoms with E-state index in [1.807, 2.05) is 50.9 Å². The van der Waals surface area contributed by atoms with Gasteiger partial charge < -0.3 is 0 Å². The van der Waals surface area contributed by atoms with Crippen molar-refractivity contribution in [3.05, 3.63) is 109 Å². The van der Waals surface area contributed by atoms with E-state index in [9.17, 15) is 0 Å². The fourth-order valence-electron chi connectivity index (χ4n) is 4.49. The molecule has 0 aliphatic carbocycles. The highest BCUT2D eigenvalue weighted by Gasteiger charge is 2.22. The number of nitrogens with zero attached hydrogens (tertiary/aromatic N) is 6. The average Bonchev–Trinajstić information content (AvgIpc) is 3.57. The van der Waals surface area contributed by atoms with Crippen LogP contribution >= 0.6 is 0 Å². The highest BCUT2D eigenvalue weighted by molar-refractivity contribution is 5.50. The molecule has 6 heteroatoms. The van der Waals surface area contributed by atoms with Gasteiger partial charge in [0.05, 0.1) is 18.6 Å². The first-order chi connectivity index (χ1) is 15.9. The van der Waals surface area contributed by atoms with Crippen LogP contribution in [0.25, 0.3) is 18.6 Å². The number of hydrogen-bond donors (Lipinski definition) is 0. The molecule has 6 nitrogen and oxygen atoms in total. The second kappa shape index (κ2) is 9.28. The van der Waals surface area contributed by atoms with Crippen LogP contribution in [-0.2, 0) is 19.6 Å². The Hall–Kier alpha value is -3.93. The topological polar surface area (TPSA) is 26.4 Å². The van der Waals surface area contributed by atoms with Crippen LogP contribution in [0, 0.1) is 20.8 Å². The lowest BCUT2D eigenvalue weighted by Crippen LogP contribution is -2.37. The van der Waals surface area contributed by atoms with Gasteiger partial charge in [-0.25, -0.2) is 27.4 Å². The smallest absolute Gasteiger partial charge is 0.232 e. The summed E-state index contributed by atoms with van der Waals surface area (Å²) in [6.45, 7) is 20.8. The van der Waals surface area contributed by atoms with Crippen molar-refractivity contribution in [2.24, 2.45) is 0 Å². The second-order valence-corrected chi connectivity index (χ2v) is 8.46. The van der Waals surface area contributed by atoms with Crippen LogP contribution < -0.4 is 13.7 Å². The largest absolute Gasteiger partial charge is 0.248 e. The van der Waals surface area contributed by atoms with Crippen molar-refractivity contribution in [1.29, 1.82) is 0 Å². The van der Waals surface area contributed by atoms with Crippen LogP contribution in [-0.4, -0.2) is 13.7 Å². The Balaban J connectivity index is 1.81. The van der Waals surface area contributed by atoms with E-state index in [1.165, 1.54) is 33.4 Å². The molecule has 1 aromatic carbocycles. The summed E-state index contributed by atoms with van der Waals surface area (Å²) in [6, 6.07) is 0. The molecule has 4 aromatic rings. The van der Waals surface area contributed by atoms with Gasteiger partial charge in [0.1, 0.15) is 56.8 Å². The Kier molecular flexibility index (Phi) is 6.27. The third kappa shape index (κ3) is 4.51. The number of aromatic nitrogens is 6. The van der Waals surface area contributed by atoms with Crippen LogP contribution in [0.5, 0.6) is 0 Å². The van der Waals surface area contributed by atoms with E-state index in [0.29, 0.717) is 0 Å². The normalized spacial score (nSPS) is 11.0. The van der Waals surface area contributed by atoms with Crippen molar-refractivity contribution in [3.8, 4) is 0 Å². The fraction of sp³-hybridized carbons (Fsp3) is 0.222. The molecule has 0 radical (unpaired) electrons. The zero-order valence-electron chi connectivity index (χ0n) is 19.9. The summed E-state index contributed by atoms with van der Waals surface area (Å²) in [7, 11) is 0. The minimum Gasteiger partial charge on any atom is -0.232 e. The van der Waals surface area contributed by atoms with Gasteiger partial charge in [0.25, 0.3) is 0 Å². The Morgan fingerprint density at radius 2 is 0.848 bits per heavy atom. The molecule has 0 fully saturated rings. The molecule has 0 aliphatic rings. The first-order valence-corrected chi connectivity index (χ1v) is 11.1. The molecular formula is C27H33N6+3. The quantitative estimate of drug-likeness (QED) is 0.356. The van der Waals surface area contributed by atoms with Crippen molar-refractivity contribution in [3.63, 3.8) is 0 Å². The maximum absolute atomic E-state index is 3.86. The summed E-state index contributed by atoms with van der Waals surface area (Å²) >= 11 is 0. The maximum atomic E-state index is 3.86. The molecule has 4 rings (SSSR count). The van der Waals surface area contributed by atoms with Crippen LogP contribution in [0.2, 0.25) is 0 Å². The minimum absolute atomic E-state index is 0.815. The lowest BCUT2D eigenvalue weighted by Gasteiger charge is -2.20. The molecule has 0 spiro atoms. The molecule has 33 heavy (non-hydrogen) atoms. The van der Waals surface area contributed by atoms with Gasteiger partial charge >= 0.3 is 0 Å². The first-order valence-electron chi connectivity index (χ1n) is 11.1. The van der Waals surface area contributed by atoms with Gasteiger partial charge in [-0.3, -0.25) is 0 Å². The molecule has 0 aliphatic heterocycles. The Bertz CT molecular complexity index is 1150. The van der Waals surface area contributed by atoms with Crippen molar-refractivity contribution < 1.29 is 13.7 Å². The number of imidazole rings is 3. The van der Waals surface area contributed by atoms with Crippen molar-refractivity contribution in [1.82, 2.24) is 13.7 Å². The van der Waals surface area contributed by atoms with Crippen LogP contribution in [0.15, 0.2) is 75.9 Å². The fourth-order valence-corrected chi connectivity index (χ4v) is 4.49. The molecule has 3 heterocycles. The summed E-state index contributed by atoms with van der Waals surface area (Å²) in [5, 5.41) is 0. The highest BCUT2D eigenvalue weighted by atomic mass is 15.1. The van der Waals surface area contributed by atoms with Gasteiger partial charge in [0, 0.05) is 16.7 Å². The van der Waals surface area contributed by atoms with Crippen molar-refractivity contribution in [2.75, 3.05) is 0 Å². The molecule has 0 saturated heterocycles. The van der Waals surface area contributed by atoms with Crippen LogP contribution in [0.3, 0.4) is 0 Å². The lowest BCUT2D eigenvalue weighted by atomic mass is 9.87. The van der Waals surface area contributed by atoms with Gasteiger partial charge in [-0.1, -0.05) is 19.7 Å². The van der Waals surface area contributed by atoms with E-state index in [4.69, 9.17) is 0 Å². The summed E-state index contributed by atoms with van der Waals surface area (Å²) in [5.41, 5.74) is 8.14. The Morgan fingerprint density at radius 3 is 1.06 bits per heavy atom. The lowest BCUT2D eigenvalue weighted by molar-refractivity contribution is -0.689. The first kappa shape index (κ1) is 22.3. The summed E-state index contributed by atoms with van der Waals surface area (Å²) in [4.78, 5) is 0. The van der Waals surface area contributed by atoms with Gasteiger partial charge in [-0.15, -0.1) is 0 Å². The van der Waals surface area contributed by atoms with Gasteiger partial charge in [0.15, 0.2) is 0 Å². The third-order valence-corrected chi connectivity index (χ3v) is 6.51. The molecule has 0 saturated carbocycles. The molecule has 0 bridgehead atoms. The standard InChI is InChI=1S/C27H33N6/c1-7-28-10-13-31(19-28)16-25-22(4)26(17-32-14-11-29(8-2)20-32)24(6)27(23(25)5)18-33-15-12-30(9-3)21-33/h7-15,19-21H,1-3,16-18H2,4-6H3/q+3. The van der Waals surface area contributed by atoms with Gasteiger partial charge in [-0.05, 0) is 37.5 Å². The van der Waals surface area contributed by atoms with E-state index < -0.39 is 0 Å². The summed E-state index contributed by atoms with van der Waals surface area (Å²) in [5.74, 6) is 0. The molecular weight excluding hydrogens is 408 g/mol. The molecule has 0 atom stereocenters. The molecule has 168 valence electrons. The van der Waals surface area contributed by atoms with E-state index >= 15 is 0 Å². The summed E-state index contributed by atoms with van der Waals surface area (Å²) < 4.78 is 12.6. The number of rotatable bonds is 9. The predicted molar refractivity (Wildman–Crippen MR) is 131 cm³/mol. The zero-order chi connectivity index (χ0) is 23.5. The number of benzene rings is 1. The van der Waals surface area contributed by atoms with E-state index in [0.717, 1.165) is 19.6 Å². The monoisotopic (exact) mass is 441 g/mol. The molecule has 0 unspecified atom stereocenters. The molecule has 3 aromatic heterocycles. The third-order valence-electron chi connectivity index (χ3n) is 6.51. The van der Waals surface area contributed by atoms with Crippen molar-refractivity contribution in [2.45, 2.75) is 40.4 Å². The SMILES string of the molecule is C=Cn1cc[n+](Cc2c(C)c(C[n+]3ccn(C=C)c3)c(C)c(C[n+]3ccn(C=C)c3)c2C)c1. The molecule has 0 N–H and O–H groups in total. The van der Waals surface area contributed by atoms with Crippen molar-refractivity contribution >= 4 is 18.6 Å². The van der Waals surface area contributed by atoms with Gasteiger partial charge in [-0.2, -0.15) is 0 Å². The van der Waals surface area contributed by atoms with Crippen LogP contribution in [0.1, 0.15) is 33.4 Å². The maximum Gasteiger partial charge on any atom is 0.248 e. The average molecular weight is 442 g/mol. The second-order valence-electron chi connectivity index (χ2n) is 8.46. The predicted octanol–water partition coefficient (Wildman–Crippen LogP) is 3.33. The minimum atomic E-state index is 0.815. The van der Waals surface area contributed by atoms with E-state index in [1.54, 1.807) is 0 Å². The number of hydrogen-bond acceptors (Lipinski definition) is 0. The zero-order valence-corrected chi connectivity index (χ0v) is 19.9. The summed E-state index contributed by atoms with van der Waals surface area (Å²) in [6.07, 6.45) is 24.0. The highest BCUT2D eigenvalue weighted by Crippen LogP contribution is 2.27. The van der Waals surface area contributed by atoms with E-state index in [2.05, 4.69) is 91.8 Å². The van der Waals surface area contributed by atoms with Crippen LogP contribution in [0.4, 0.5) is 0 Å². The molecule has 0 amide bonds.